The molecule has 0 aliphatic heterocycles. The van der Waals surface area contributed by atoms with Crippen LogP contribution in [0.3, 0.4) is 0 Å². The van der Waals surface area contributed by atoms with Crippen LogP contribution >= 0.6 is 22.6 Å². The summed E-state index contributed by atoms with van der Waals surface area (Å²) in [5.74, 6) is 2.19. The first kappa shape index (κ1) is 13.0. The number of hydrogen-bond donors (Lipinski definition) is 1. The molecular formula is C12H14IN3O2. The van der Waals surface area contributed by atoms with Gasteiger partial charge in [-0.2, -0.15) is 5.10 Å². The highest BCUT2D eigenvalue weighted by Crippen LogP contribution is 2.26. The summed E-state index contributed by atoms with van der Waals surface area (Å²) in [6, 6.07) is 5.69. The second-order valence-electron chi connectivity index (χ2n) is 3.71. The number of benzene rings is 1. The molecule has 1 aromatic heterocycles. The van der Waals surface area contributed by atoms with Crippen molar-refractivity contribution in [2.45, 2.75) is 6.54 Å². The van der Waals surface area contributed by atoms with Crippen LogP contribution in [0, 0.1) is 3.57 Å². The van der Waals surface area contributed by atoms with Gasteiger partial charge in [0.1, 0.15) is 17.3 Å². The third kappa shape index (κ3) is 2.53. The van der Waals surface area contributed by atoms with Gasteiger partial charge in [-0.25, -0.2) is 4.68 Å². The van der Waals surface area contributed by atoms with E-state index in [1.165, 1.54) is 0 Å². The van der Waals surface area contributed by atoms with Crippen LogP contribution in [0.4, 0.5) is 5.82 Å². The van der Waals surface area contributed by atoms with Gasteiger partial charge in [-0.15, -0.1) is 0 Å². The van der Waals surface area contributed by atoms with Gasteiger partial charge in [0.05, 0.1) is 30.5 Å². The van der Waals surface area contributed by atoms with E-state index in [4.69, 9.17) is 15.2 Å². The van der Waals surface area contributed by atoms with Crippen LogP contribution in [0.2, 0.25) is 0 Å². The Morgan fingerprint density at radius 2 is 2.11 bits per heavy atom. The summed E-state index contributed by atoms with van der Waals surface area (Å²) >= 11 is 2.16. The first-order valence-electron chi connectivity index (χ1n) is 5.33. The number of anilines is 1. The molecule has 0 bridgehead atoms. The molecule has 2 rings (SSSR count). The lowest BCUT2D eigenvalue weighted by Gasteiger charge is -2.11. The molecule has 1 heterocycles. The maximum Gasteiger partial charge on any atom is 0.135 e. The Kier molecular flexibility index (Phi) is 3.95. The lowest BCUT2D eigenvalue weighted by atomic mass is 10.2. The molecule has 0 radical (unpaired) electrons. The van der Waals surface area contributed by atoms with Gasteiger partial charge in [0.15, 0.2) is 0 Å². The molecule has 0 saturated carbocycles. The first-order chi connectivity index (χ1) is 8.65. The number of methoxy groups -OCH3 is 2. The maximum absolute atomic E-state index is 5.93. The van der Waals surface area contributed by atoms with E-state index in [1.54, 1.807) is 25.1 Å². The quantitative estimate of drug-likeness (QED) is 0.850. The lowest BCUT2D eigenvalue weighted by molar-refractivity contribution is 0.389. The molecule has 6 heteroatoms. The Morgan fingerprint density at radius 3 is 2.67 bits per heavy atom. The van der Waals surface area contributed by atoms with Crippen molar-refractivity contribution in [1.29, 1.82) is 0 Å². The number of rotatable bonds is 4. The summed E-state index contributed by atoms with van der Waals surface area (Å²) < 4.78 is 13.2. The second kappa shape index (κ2) is 5.47. The van der Waals surface area contributed by atoms with Crippen molar-refractivity contribution in [3.05, 3.63) is 33.5 Å². The smallest absolute Gasteiger partial charge is 0.135 e. The number of aromatic nitrogens is 2. The van der Waals surface area contributed by atoms with Crippen LogP contribution in [0.1, 0.15) is 5.56 Å². The molecule has 2 N–H and O–H groups in total. The van der Waals surface area contributed by atoms with Gasteiger partial charge >= 0.3 is 0 Å². The number of nitrogens with two attached hydrogens (primary N) is 1. The zero-order valence-electron chi connectivity index (χ0n) is 10.2. The van der Waals surface area contributed by atoms with Crippen molar-refractivity contribution in [3.8, 4) is 11.5 Å². The van der Waals surface area contributed by atoms with E-state index < -0.39 is 0 Å². The standard InChI is InChI=1S/C12H14IN3O2/c1-17-9-4-3-8(11(5-9)18-2)7-16-12(14)10(13)6-15-16/h3-6H,7,14H2,1-2H3. The van der Waals surface area contributed by atoms with Crippen LogP contribution in [-0.4, -0.2) is 24.0 Å². The van der Waals surface area contributed by atoms with Crippen molar-refractivity contribution >= 4 is 28.4 Å². The van der Waals surface area contributed by atoms with E-state index in [-0.39, 0.29) is 0 Å². The molecule has 0 aliphatic carbocycles. The molecule has 18 heavy (non-hydrogen) atoms. The Hall–Kier alpha value is -1.44. The van der Waals surface area contributed by atoms with Gasteiger partial charge < -0.3 is 15.2 Å². The van der Waals surface area contributed by atoms with E-state index in [2.05, 4.69) is 27.7 Å². The Bertz CT molecular complexity index is 554. The van der Waals surface area contributed by atoms with Crippen LogP contribution < -0.4 is 15.2 Å². The predicted molar refractivity (Wildman–Crippen MR) is 78.0 cm³/mol. The van der Waals surface area contributed by atoms with E-state index in [1.807, 2.05) is 18.2 Å². The number of nitrogens with zero attached hydrogens (tertiary/aromatic N) is 2. The van der Waals surface area contributed by atoms with Gasteiger partial charge in [-0.1, -0.05) is 0 Å². The fourth-order valence-electron chi connectivity index (χ4n) is 1.64. The highest BCUT2D eigenvalue weighted by molar-refractivity contribution is 14.1. The van der Waals surface area contributed by atoms with E-state index in [9.17, 15) is 0 Å². The number of halogens is 1. The lowest BCUT2D eigenvalue weighted by Crippen LogP contribution is -2.07. The van der Waals surface area contributed by atoms with Crippen LogP contribution in [0.5, 0.6) is 11.5 Å². The number of nitrogen functional groups attached to an aromatic ring is 1. The van der Waals surface area contributed by atoms with Gasteiger partial charge in [0.2, 0.25) is 0 Å². The van der Waals surface area contributed by atoms with Crippen LogP contribution in [0.15, 0.2) is 24.4 Å². The fourth-order valence-corrected chi connectivity index (χ4v) is 2.04. The summed E-state index contributed by atoms with van der Waals surface area (Å²) in [7, 11) is 3.26. The summed E-state index contributed by atoms with van der Waals surface area (Å²) in [4.78, 5) is 0. The molecule has 0 fully saturated rings. The topological polar surface area (TPSA) is 62.3 Å². The van der Waals surface area contributed by atoms with E-state index in [0.717, 1.165) is 20.6 Å². The van der Waals surface area contributed by atoms with E-state index >= 15 is 0 Å². The third-order valence-electron chi connectivity index (χ3n) is 2.65. The minimum Gasteiger partial charge on any atom is -0.497 e. The van der Waals surface area contributed by atoms with Gasteiger partial charge in [-0.3, -0.25) is 0 Å². The largest absolute Gasteiger partial charge is 0.497 e. The molecule has 1 aromatic carbocycles. The average molecular weight is 359 g/mol. The van der Waals surface area contributed by atoms with Crippen LogP contribution in [-0.2, 0) is 6.54 Å². The number of ether oxygens (including phenoxy) is 2. The Labute approximate surface area is 119 Å². The van der Waals surface area contributed by atoms with Crippen molar-refractivity contribution in [3.63, 3.8) is 0 Å². The molecule has 0 atom stereocenters. The maximum atomic E-state index is 5.93. The van der Waals surface area contributed by atoms with Gasteiger partial charge in [0.25, 0.3) is 0 Å². The van der Waals surface area contributed by atoms with Crippen molar-refractivity contribution in [1.82, 2.24) is 9.78 Å². The molecule has 0 aliphatic rings. The molecule has 0 saturated heterocycles. The summed E-state index contributed by atoms with van der Waals surface area (Å²) in [5, 5.41) is 4.23. The highest BCUT2D eigenvalue weighted by atomic mass is 127. The first-order valence-corrected chi connectivity index (χ1v) is 6.41. The number of hydrogen-bond acceptors (Lipinski definition) is 4. The Balaban J connectivity index is 2.31. The zero-order valence-corrected chi connectivity index (χ0v) is 12.3. The SMILES string of the molecule is COc1ccc(Cn2ncc(I)c2N)c(OC)c1. The second-order valence-corrected chi connectivity index (χ2v) is 4.88. The molecule has 2 aromatic rings. The summed E-state index contributed by atoms with van der Waals surface area (Å²) in [5.41, 5.74) is 6.93. The van der Waals surface area contributed by atoms with Gasteiger partial charge in [-0.05, 0) is 34.7 Å². The normalized spacial score (nSPS) is 10.4. The molecule has 96 valence electrons. The van der Waals surface area contributed by atoms with Crippen LogP contribution in [0.25, 0.3) is 0 Å². The fraction of sp³-hybridized carbons (Fsp3) is 0.250. The minimum absolute atomic E-state index is 0.571. The molecule has 0 spiro atoms. The van der Waals surface area contributed by atoms with E-state index in [0.29, 0.717) is 12.4 Å². The van der Waals surface area contributed by atoms with Gasteiger partial charge in [0, 0.05) is 11.6 Å². The third-order valence-corrected chi connectivity index (χ3v) is 3.48. The van der Waals surface area contributed by atoms with Crippen molar-refractivity contribution in [2.75, 3.05) is 20.0 Å². The Morgan fingerprint density at radius 1 is 1.33 bits per heavy atom. The highest BCUT2D eigenvalue weighted by Gasteiger charge is 2.09. The predicted octanol–water partition coefficient (Wildman–Crippen LogP) is 2.14. The van der Waals surface area contributed by atoms with Crippen molar-refractivity contribution < 1.29 is 9.47 Å². The summed E-state index contributed by atoms with van der Waals surface area (Å²) in [6.45, 7) is 0.571. The molecule has 5 nitrogen and oxygen atoms in total. The molecule has 0 unspecified atom stereocenters. The monoisotopic (exact) mass is 359 g/mol. The summed E-state index contributed by atoms with van der Waals surface area (Å²) in [6.07, 6.45) is 1.74. The molecule has 0 amide bonds. The average Bonchev–Trinajstić information content (AvgIpc) is 2.71. The molecular weight excluding hydrogens is 345 g/mol. The minimum atomic E-state index is 0.571. The zero-order chi connectivity index (χ0) is 13.1. The van der Waals surface area contributed by atoms with Crippen molar-refractivity contribution in [2.24, 2.45) is 0 Å².